The number of nitrogens with one attached hydrogen (secondary N) is 1. The van der Waals surface area contributed by atoms with Crippen molar-refractivity contribution in [1.29, 1.82) is 0 Å². The van der Waals surface area contributed by atoms with Crippen LogP contribution >= 0.6 is 0 Å². The van der Waals surface area contributed by atoms with E-state index in [-0.39, 0.29) is 5.91 Å². The second-order valence-electron chi connectivity index (χ2n) is 9.00. The molecule has 0 bridgehead atoms. The van der Waals surface area contributed by atoms with E-state index in [4.69, 9.17) is 9.72 Å². The van der Waals surface area contributed by atoms with Gasteiger partial charge in [0.1, 0.15) is 11.5 Å². The van der Waals surface area contributed by atoms with Crippen LogP contribution in [0.3, 0.4) is 0 Å². The van der Waals surface area contributed by atoms with Crippen molar-refractivity contribution >= 4 is 17.5 Å². The van der Waals surface area contributed by atoms with Gasteiger partial charge in [-0.25, -0.2) is 9.97 Å². The predicted octanol–water partition coefficient (Wildman–Crippen LogP) is 5.15. The zero-order valence-electron chi connectivity index (χ0n) is 20.5. The number of amides is 1. The number of fused-ring (bicyclic) bond motifs is 1. The summed E-state index contributed by atoms with van der Waals surface area (Å²) in [6.07, 6.45) is 2.53. The summed E-state index contributed by atoms with van der Waals surface area (Å²) in [5, 5.41) is 3.31. The van der Waals surface area contributed by atoms with Crippen molar-refractivity contribution in [3.63, 3.8) is 0 Å². The first-order valence-corrected chi connectivity index (χ1v) is 12.0. The molecule has 36 heavy (non-hydrogen) atoms. The molecule has 1 aliphatic heterocycles. The molecule has 4 aromatic rings. The fourth-order valence-corrected chi connectivity index (χ4v) is 4.18. The summed E-state index contributed by atoms with van der Waals surface area (Å²) in [5.74, 6) is 2.21. The summed E-state index contributed by atoms with van der Waals surface area (Å²) >= 11 is 0. The van der Waals surface area contributed by atoms with Crippen molar-refractivity contribution in [3.05, 3.63) is 107 Å². The molecule has 1 aromatic heterocycles. The van der Waals surface area contributed by atoms with E-state index < -0.39 is 0 Å². The van der Waals surface area contributed by atoms with E-state index in [1.54, 1.807) is 0 Å². The Morgan fingerprint density at radius 2 is 1.78 bits per heavy atom. The quantitative estimate of drug-likeness (QED) is 0.396. The Labute approximate surface area is 211 Å². The van der Waals surface area contributed by atoms with Gasteiger partial charge < -0.3 is 19.9 Å². The van der Waals surface area contributed by atoms with Gasteiger partial charge in [-0.15, -0.1) is 0 Å². The monoisotopic (exact) mass is 479 g/mol. The van der Waals surface area contributed by atoms with Crippen LogP contribution in [0.2, 0.25) is 0 Å². The summed E-state index contributed by atoms with van der Waals surface area (Å²) in [5.41, 5.74) is 4.81. The number of aromatic nitrogens is 2. The summed E-state index contributed by atoms with van der Waals surface area (Å²) in [6.45, 7) is 1.73. The smallest absolute Gasteiger partial charge is 0.254 e. The topological polar surface area (TPSA) is 70.6 Å². The van der Waals surface area contributed by atoms with Crippen LogP contribution in [0, 0.1) is 0 Å². The number of hydrogen-bond acceptors (Lipinski definition) is 6. The molecule has 1 aliphatic rings. The second-order valence-corrected chi connectivity index (χ2v) is 9.00. The number of ether oxygens (including phenoxy) is 1. The number of carbonyl (C=O) groups is 1. The lowest BCUT2D eigenvalue weighted by molar-refractivity contribution is 0.0733. The van der Waals surface area contributed by atoms with E-state index in [1.165, 1.54) is 0 Å². The van der Waals surface area contributed by atoms with Gasteiger partial charge in [-0.1, -0.05) is 30.3 Å². The van der Waals surface area contributed by atoms with Crippen LogP contribution in [0.15, 0.2) is 85.1 Å². The Morgan fingerprint density at radius 1 is 1.00 bits per heavy atom. The average Bonchev–Trinajstić information content (AvgIpc) is 2.92. The maximum atomic E-state index is 13.0. The molecule has 0 atom stereocenters. The molecule has 7 nitrogen and oxygen atoms in total. The van der Waals surface area contributed by atoms with Crippen LogP contribution in [0.25, 0.3) is 0 Å². The van der Waals surface area contributed by atoms with Crippen molar-refractivity contribution in [2.45, 2.75) is 19.5 Å². The molecule has 0 radical (unpaired) electrons. The zero-order chi connectivity index (χ0) is 24.9. The largest absolute Gasteiger partial charge is 0.457 e. The molecule has 0 unspecified atom stereocenters. The fraction of sp³-hybridized carbons (Fsp3) is 0.207. The number of hydrogen-bond donors (Lipinski definition) is 1. The van der Waals surface area contributed by atoms with Gasteiger partial charge in [0.15, 0.2) is 0 Å². The van der Waals surface area contributed by atoms with E-state index in [0.717, 1.165) is 34.0 Å². The van der Waals surface area contributed by atoms with E-state index >= 15 is 0 Å². The van der Waals surface area contributed by atoms with Crippen LogP contribution in [0.1, 0.15) is 27.2 Å². The van der Waals surface area contributed by atoms with Crippen molar-refractivity contribution in [1.82, 2.24) is 14.9 Å². The third-order valence-electron chi connectivity index (χ3n) is 6.18. The van der Waals surface area contributed by atoms with Gasteiger partial charge in [0.05, 0.1) is 5.69 Å². The number of rotatable bonds is 7. The molecule has 182 valence electrons. The first-order chi connectivity index (χ1) is 17.5. The molecule has 0 saturated carbocycles. The highest BCUT2D eigenvalue weighted by molar-refractivity contribution is 5.94. The lowest BCUT2D eigenvalue weighted by atomic mass is 10.1. The van der Waals surface area contributed by atoms with Crippen LogP contribution in [0.4, 0.5) is 11.6 Å². The van der Waals surface area contributed by atoms with Gasteiger partial charge in [-0.05, 0) is 54.1 Å². The lowest BCUT2D eigenvalue weighted by Crippen LogP contribution is -2.36. The van der Waals surface area contributed by atoms with Gasteiger partial charge in [0, 0.05) is 63.2 Å². The molecule has 5 rings (SSSR count). The fourth-order valence-electron chi connectivity index (χ4n) is 4.18. The molecule has 0 saturated heterocycles. The first-order valence-electron chi connectivity index (χ1n) is 12.0. The van der Waals surface area contributed by atoms with Gasteiger partial charge in [-0.3, -0.25) is 4.79 Å². The minimum absolute atomic E-state index is 0.0331. The normalized spacial score (nSPS) is 12.6. The summed E-state index contributed by atoms with van der Waals surface area (Å²) in [6, 6.07) is 25.4. The number of carbonyl (C=O) groups excluding carboxylic acids is 1. The minimum atomic E-state index is 0.0331. The van der Waals surface area contributed by atoms with Crippen molar-refractivity contribution in [2.24, 2.45) is 0 Å². The van der Waals surface area contributed by atoms with E-state index in [9.17, 15) is 4.79 Å². The molecule has 0 fully saturated rings. The molecule has 7 heteroatoms. The maximum absolute atomic E-state index is 13.0. The molecule has 0 spiro atoms. The van der Waals surface area contributed by atoms with Gasteiger partial charge in [0.2, 0.25) is 5.95 Å². The van der Waals surface area contributed by atoms with Crippen molar-refractivity contribution in [3.8, 4) is 11.5 Å². The standard InChI is InChI=1S/C29H29N5O2/c1-33(2)24-13-11-22(12-14-24)28(35)34-16-15-27-23(20-34)19-31-29(32-27)30-18-21-7-6-10-26(17-21)36-25-8-4-3-5-9-25/h3-14,17,19H,15-16,18,20H2,1-2H3,(H,30,31,32). The second kappa shape index (κ2) is 10.5. The molecule has 1 amide bonds. The summed E-state index contributed by atoms with van der Waals surface area (Å²) < 4.78 is 5.93. The highest BCUT2D eigenvalue weighted by atomic mass is 16.5. The Morgan fingerprint density at radius 3 is 2.56 bits per heavy atom. The summed E-state index contributed by atoms with van der Waals surface area (Å²) in [7, 11) is 3.97. The Balaban J connectivity index is 1.20. The minimum Gasteiger partial charge on any atom is -0.457 e. The third-order valence-corrected chi connectivity index (χ3v) is 6.18. The molecule has 3 aromatic carbocycles. The molecular formula is C29H29N5O2. The third kappa shape index (κ3) is 5.46. The molecule has 2 heterocycles. The van der Waals surface area contributed by atoms with Crippen LogP contribution in [0.5, 0.6) is 11.5 Å². The van der Waals surface area contributed by atoms with Gasteiger partial charge in [0.25, 0.3) is 5.91 Å². The van der Waals surface area contributed by atoms with E-state index in [1.807, 2.05) is 109 Å². The Bertz CT molecular complexity index is 1340. The van der Waals surface area contributed by atoms with Crippen LogP contribution in [-0.4, -0.2) is 41.4 Å². The highest BCUT2D eigenvalue weighted by Crippen LogP contribution is 2.23. The van der Waals surface area contributed by atoms with Crippen LogP contribution < -0.4 is 15.0 Å². The number of benzene rings is 3. The van der Waals surface area contributed by atoms with Crippen molar-refractivity contribution in [2.75, 3.05) is 30.9 Å². The van der Waals surface area contributed by atoms with Gasteiger partial charge in [-0.2, -0.15) is 0 Å². The van der Waals surface area contributed by atoms with E-state index in [2.05, 4.69) is 10.3 Å². The van der Waals surface area contributed by atoms with Crippen LogP contribution in [-0.2, 0) is 19.5 Å². The zero-order valence-corrected chi connectivity index (χ0v) is 20.5. The number of nitrogens with zero attached hydrogens (tertiary/aromatic N) is 4. The number of anilines is 2. The van der Waals surface area contributed by atoms with Gasteiger partial charge >= 0.3 is 0 Å². The Hall–Kier alpha value is -4.39. The number of para-hydroxylation sites is 1. The molecular weight excluding hydrogens is 450 g/mol. The maximum Gasteiger partial charge on any atom is 0.254 e. The Kier molecular flexibility index (Phi) is 6.80. The average molecular weight is 480 g/mol. The molecule has 0 aliphatic carbocycles. The SMILES string of the molecule is CN(C)c1ccc(C(=O)N2CCc3nc(NCc4cccc(Oc5ccccc5)c4)ncc3C2)cc1. The van der Waals surface area contributed by atoms with Crippen molar-refractivity contribution < 1.29 is 9.53 Å². The predicted molar refractivity (Wildman–Crippen MR) is 142 cm³/mol. The highest BCUT2D eigenvalue weighted by Gasteiger charge is 2.23. The van der Waals surface area contributed by atoms with E-state index in [0.29, 0.717) is 37.6 Å². The summed E-state index contributed by atoms with van der Waals surface area (Å²) in [4.78, 5) is 26.1. The first kappa shape index (κ1) is 23.4. The lowest BCUT2D eigenvalue weighted by Gasteiger charge is -2.28. The molecule has 1 N–H and O–H groups in total.